The maximum Gasteiger partial charge on any atom is 2.00 e. The van der Waals surface area contributed by atoms with Crippen LogP contribution in [0.15, 0.2) is 48.5 Å². The van der Waals surface area contributed by atoms with Gasteiger partial charge in [0, 0.05) is 0 Å². The summed E-state index contributed by atoms with van der Waals surface area (Å²) in [7, 11) is 0. The van der Waals surface area contributed by atoms with E-state index in [9.17, 15) is 0 Å². The van der Waals surface area contributed by atoms with Crippen LogP contribution in [0.5, 0.6) is 11.5 Å². The molecule has 2 N–H and O–H groups in total. The van der Waals surface area contributed by atoms with Gasteiger partial charge in [0.2, 0.25) is 0 Å². The zero-order chi connectivity index (χ0) is 20.5. The van der Waals surface area contributed by atoms with Gasteiger partial charge in [-0.1, -0.05) is 0 Å². The Labute approximate surface area is 189 Å². The Morgan fingerprint density at radius 2 is 0.655 bits per heavy atom. The zero-order valence-electron chi connectivity index (χ0n) is 15.7. The van der Waals surface area contributed by atoms with E-state index in [-0.39, 0.29) is 33.2 Å². The normalized spacial score (nSPS) is 13.4. The fourth-order valence-corrected chi connectivity index (χ4v) is 1.71. The van der Waals surface area contributed by atoms with Gasteiger partial charge in [-0.3, -0.25) is 0 Å². The summed E-state index contributed by atoms with van der Waals surface area (Å²) in [6.45, 7) is 0. The molecule has 10 radical (unpaired) electrons. The maximum absolute atomic E-state index is 8.74. The Morgan fingerprint density at radius 3 is 0.828 bits per heavy atom. The van der Waals surface area contributed by atoms with Crippen LogP contribution in [-0.2, 0) is 21.7 Å². The van der Waals surface area contributed by atoms with Crippen molar-refractivity contribution >= 4 is 0 Å². The quantitative estimate of drug-likeness (QED) is 0.616. The molecular weight excluding hydrogens is 396 g/mol. The second kappa shape index (κ2) is 17.8. The molecule has 2 aromatic rings. The number of aromatic hydroxyl groups is 2. The van der Waals surface area contributed by atoms with Crippen molar-refractivity contribution in [1.29, 1.82) is 10.5 Å². The topological polar surface area (TPSA) is 88.0 Å². The van der Waals surface area contributed by atoms with Gasteiger partial charge in [0.05, 0.1) is 23.3 Å². The second-order valence-electron chi connectivity index (χ2n) is 5.24. The molecule has 5 heteroatoms. The van der Waals surface area contributed by atoms with Gasteiger partial charge in [0.15, 0.2) is 0 Å². The SMILES string of the molecule is N#Cc1ccc(O)cc1.N#Cc1ccc(O)cc1.[CH]1[CH][CH][CH][CH]1.[CH]1[CH][CH][CH][CH]1.[Ti+2]. The van der Waals surface area contributed by atoms with E-state index in [1.165, 1.54) is 24.3 Å². The summed E-state index contributed by atoms with van der Waals surface area (Å²) in [5.41, 5.74) is 1.13. The molecule has 2 fully saturated rings. The Morgan fingerprint density at radius 1 is 0.448 bits per heavy atom. The third kappa shape index (κ3) is 14.4. The van der Waals surface area contributed by atoms with E-state index in [0.29, 0.717) is 11.1 Å². The number of nitrogens with zero attached hydrogens (tertiary/aromatic N) is 2. The summed E-state index contributed by atoms with van der Waals surface area (Å²) in [4.78, 5) is 0. The first-order valence-electron chi connectivity index (χ1n) is 8.37. The Bertz CT molecular complexity index is 643. The van der Waals surface area contributed by atoms with Crippen LogP contribution in [0.4, 0.5) is 0 Å². The Balaban J connectivity index is 0.000000369. The molecule has 0 heterocycles. The molecule has 140 valence electrons. The monoisotopic (exact) mass is 416 g/mol. The summed E-state index contributed by atoms with van der Waals surface area (Å²) < 4.78 is 0. The summed E-state index contributed by atoms with van der Waals surface area (Å²) >= 11 is 0. The van der Waals surface area contributed by atoms with Crippen LogP contribution in [0.25, 0.3) is 0 Å². The first kappa shape index (κ1) is 26.7. The van der Waals surface area contributed by atoms with Crippen LogP contribution in [0.3, 0.4) is 0 Å². The zero-order valence-corrected chi connectivity index (χ0v) is 17.2. The molecule has 2 aliphatic rings. The fraction of sp³-hybridized carbons (Fsp3) is 0. The molecule has 0 atom stereocenters. The van der Waals surface area contributed by atoms with Crippen molar-refractivity contribution in [2.75, 3.05) is 0 Å². The van der Waals surface area contributed by atoms with Gasteiger partial charge >= 0.3 is 21.7 Å². The van der Waals surface area contributed by atoms with Gasteiger partial charge in [-0.15, -0.1) is 0 Å². The van der Waals surface area contributed by atoms with Crippen molar-refractivity contribution in [2.45, 2.75) is 0 Å². The van der Waals surface area contributed by atoms with Crippen molar-refractivity contribution in [3.8, 4) is 23.6 Å². The van der Waals surface area contributed by atoms with Gasteiger partial charge in [-0.25, -0.2) is 0 Å². The molecule has 0 aliphatic heterocycles. The van der Waals surface area contributed by atoms with Crippen LogP contribution in [0, 0.1) is 86.9 Å². The molecule has 0 saturated heterocycles. The molecule has 0 aromatic heterocycles. The van der Waals surface area contributed by atoms with Crippen LogP contribution in [0.1, 0.15) is 11.1 Å². The predicted molar refractivity (Wildman–Crippen MR) is 109 cm³/mol. The number of nitriles is 2. The standard InChI is InChI=1S/2C7H5NO.2C5H5.Ti/c2*8-5-6-1-3-7(9)4-2-6;2*1-2-4-5-3-1;/h2*1-4,9H;2*1-5H;/q;;;;+2. The molecule has 2 aliphatic carbocycles. The van der Waals surface area contributed by atoms with Crippen LogP contribution >= 0.6 is 0 Å². The average Bonchev–Trinajstić information content (AvgIpc) is 3.48. The number of rotatable bonds is 0. The molecule has 2 saturated carbocycles. The van der Waals surface area contributed by atoms with Crippen molar-refractivity contribution in [2.24, 2.45) is 0 Å². The largest absolute Gasteiger partial charge is 2.00 e. The smallest absolute Gasteiger partial charge is 0.508 e. The molecule has 4 rings (SSSR count). The number of phenolic OH excluding ortho intramolecular Hbond substituents is 2. The maximum atomic E-state index is 8.74. The third-order valence-electron chi connectivity index (χ3n) is 3.10. The van der Waals surface area contributed by atoms with Gasteiger partial charge in [0.25, 0.3) is 0 Å². The molecule has 0 amide bonds. The van der Waals surface area contributed by atoms with E-state index < -0.39 is 0 Å². The van der Waals surface area contributed by atoms with Gasteiger partial charge in [0.1, 0.15) is 11.5 Å². The minimum Gasteiger partial charge on any atom is -0.508 e. The number of benzene rings is 2. The molecule has 0 unspecified atom stereocenters. The van der Waals surface area contributed by atoms with Crippen molar-refractivity contribution in [3.05, 3.63) is 124 Å². The van der Waals surface area contributed by atoms with E-state index in [0.717, 1.165) is 0 Å². The Hall–Kier alpha value is -2.27. The van der Waals surface area contributed by atoms with Crippen molar-refractivity contribution < 1.29 is 31.9 Å². The second-order valence-corrected chi connectivity index (χ2v) is 5.24. The molecular formula is C24H20N2O2Ti+2. The van der Waals surface area contributed by atoms with Crippen LogP contribution < -0.4 is 0 Å². The van der Waals surface area contributed by atoms with Crippen molar-refractivity contribution in [3.63, 3.8) is 0 Å². The summed E-state index contributed by atoms with van der Waals surface area (Å²) in [5.74, 6) is 0.378. The predicted octanol–water partition coefficient (Wildman–Crippen LogP) is 4.57. The third-order valence-corrected chi connectivity index (χ3v) is 3.10. The summed E-state index contributed by atoms with van der Waals surface area (Å²) in [6.07, 6.45) is 20.0. The van der Waals surface area contributed by atoms with E-state index in [4.69, 9.17) is 20.7 Å². The average molecular weight is 416 g/mol. The van der Waals surface area contributed by atoms with Gasteiger partial charge in [-0.05, 0) is 113 Å². The molecule has 2 aromatic carbocycles. The number of hydrogen-bond donors (Lipinski definition) is 2. The Kier molecular flexibility index (Phi) is 16.4. The van der Waals surface area contributed by atoms with E-state index in [1.807, 2.05) is 76.3 Å². The van der Waals surface area contributed by atoms with Crippen LogP contribution in [0.2, 0.25) is 0 Å². The van der Waals surface area contributed by atoms with E-state index in [2.05, 4.69) is 0 Å². The van der Waals surface area contributed by atoms with Crippen molar-refractivity contribution in [1.82, 2.24) is 0 Å². The first-order valence-corrected chi connectivity index (χ1v) is 8.37. The molecule has 0 bridgehead atoms. The van der Waals surface area contributed by atoms with Gasteiger partial charge in [-0.2, -0.15) is 10.5 Å². The molecule has 4 nitrogen and oxygen atoms in total. The molecule has 0 spiro atoms. The molecule has 29 heavy (non-hydrogen) atoms. The van der Waals surface area contributed by atoms with Crippen LogP contribution in [-0.4, -0.2) is 10.2 Å². The summed E-state index contributed by atoms with van der Waals surface area (Å²) in [6, 6.07) is 16.1. The van der Waals surface area contributed by atoms with E-state index >= 15 is 0 Å². The fourth-order valence-electron chi connectivity index (χ4n) is 1.71. The minimum atomic E-state index is 0. The summed E-state index contributed by atoms with van der Waals surface area (Å²) in [5, 5.41) is 34.1. The number of phenols is 2. The number of hydrogen-bond acceptors (Lipinski definition) is 4. The minimum absolute atomic E-state index is 0. The van der Waals surface area contributed by atoms with E-state index in [1.54, 1.807) is 24.3 Å². The van der Waals surface area contributed by atoms with Gasteiger partial charge < -0.3 is 10.2 Å². The first-order chi connectivity index (χ1) is 13.7.